The average molecular weight is 385 g/mol. The zero-order valence-electron chi connectivity index (χ0n) is 18.4. The molecule has 0 bridgehead atoms. The molecule has 0 aliphatic carbocycles. The fourth-order valence-electron chi connectivity index (χ4n) is 4.57. The molecule has 3 aromatic heterocycles. The molecule has 0 atom stereocenters. The van der Waals surface area contributed by atoms with E-state index >= 15 is 0 Å². The zero-order valence-corrected chi connectivity index (χ0v) is 18.4. The molecule has 0 fully saturated rings. The van der Waals surface area contributed by atoms with Crippen molar-refractivity contribution in [1.29, 1.82) is 0 Å². The van der Waals surface area contributed by atoms with Gasteiger partial charge >= 0.3 is 0 Å². The Hall–Kier alpha value is -3.06. The van der Waals surface area contributed by atoms with Gasteiger partial charge in [-0.2, -0.15) is 9.61 Å². The third-order valence-electron chi connectivity index (χ3n) is 5.60. The van der Waals surface area contributed by atoms with Crippen LogP contribution in [0.25, 0.3) is 27.8 Å². The number of benzene rings is 1. The molecule has 0 saturated heterocycles. The Morgan fingerprint density at radius 3 is 2.24 bits per heavy atom. The number of aromatic nitrogens is 4. The second-order valence-electron chi connectivity index (χ2n) is 7.96. The first kappa shape index (κ1) is 19.3. The minimum atomic E-state index is 0.906. The van der Waals surface area contributed by atoms with E-state index in [1.54, 1.807) is 0 Å². The van der Waals surface area contributed by atoms with Gasteiger partial charge in [0.15, 0.2) is 5.65 Å². The molecule has 0 aliphatic rings. The van der Waals surface area contributed by atoms with Crippen LogP contribution in [0.15, 0.2) is 18.2 Å². The lowest BCUT2D eigenvalue weighted by Crippen LogP contribution is -2.05. The Labute approximate surface area is 172 Å². The summed E-state index contributed by atoms with van der Waals surface area (Å²) in [6.45, 7) is 15.7. The monoisotopic (exact) mass is 384 g/mol. The summed E-state index contributed by atoms with van der Waals surface area (Å²) in [7, 11) is 0. The highest BCUT2D eigenvalue weighted by Crippen LogP contribution is 2.35. The number of nitrogens with zero attached hydrogens (tertiary/aromatic N) is 4. The lowest BCUT2D eigenvalue weighted by Gasteiger charge is -2.12. The standard InChI is InChI=1S/C25H28N4/c1-8-10-20-14-21-18(6)26-24-23(22-16(4)12-15(3)13-17(22)5)19(7)27-29(24)25(21)28(20)11-9-2/h12-14H,9,11H2,1-7H3. The lowest BCUT2D eigenvalue weighted by atomic mass is 9.94. The highest BCUT2D eigenvalue weighted by molar-refractivity contribution is 5.90. The van der Waals surface area contributed by atoms with Crippen LogP contribution in [0, 0.1) is 46.5 Å². The summed E-state index contributed by atoms with van der Waals surface area (Å²) in [5.74, 6) is 6.32. The zero-order chi connectivity index (χ0) is 20.9. The molecule has 0 amide bonds. The Balaban J connectivity index is 2.16. The summed E-state index contributed by atoms with van der Waals surface area (Å²) in [6, 6.07) is 6.64. The van der Waals surface area contributed by atoms with Gasteiger partial charge in [0.2, 0.25) is 0 Å². The normalized spacial score (nSPS) is 11.3. The highest BCUT2D eigenvalue weighted by Gasteiger charge is 2.22. The molecule has 0 aliphatic heterocycles. The maximum Gasteiger partial charge on any atom is 0.165 e. The Bertz CT molecular complexity index is 1300. The molecule has 4 heteroatoms. The fraction of sp³-hybridized carbons (Fsp3) is 0.360. The van der Waals surface area contributed by atoms with Gasteiger partial charge in [-0.1, -0.05) is 30.5 Å². The molecular weight excluding hydrogens is 356 g/mol. The molecule has 29 heavy (non-hydrogen) atoms. The van der Waals surface area contributed by atoms with Gasteiger partial charge < -0.3 is 4.57 Å². The smallest absolute Gasteiger partial charge is 0.165 e. The Kier molecular flexibility index (Phi) is 4.70. The van der Waals surface area contributed by atoms with E-state index in [9.17, 15) is 0 Å². The van der Waals surface area contributed by atoms with Crippen LogP contribution in [0.3, 0.4) is 0 Å². The third kappa shape index (κ3) is 2.93. The van der Waals surface area contributed by atoms with Gasteiger partial charge in [-0.25, -0.2) is 4.98 Å². The van der Waals surface area contributed by atoms with Crippen molar-refractivity contribution >= 4 is 16.7 Å². The van der Waals surface area contributed by atoms with Gasteiger partial charge in [0.1, 0.15) is 5.65 Å². The first-order valence-electron chi connectivity index (χ1n) is 10.3. The molecule has 0 spiro atoms. The SMILES string of the molecule is CC#Cc1cc2c(C)nc3c(-c4c(C)cc(C)cc4C)c(C)nn3c2n1CCC. The van der Waals surface area contributed by atoms with Gasteiger partial charge in [0.05, 0.1) is 22.6 Å². The van der Waals surface area contributed by atoms with Crippen molar-refractivity contribution in [3.8, 4) is 23.0 Å². The van der Waals surface area contributed by atoms with E-state index < -0.39 is 0 Å². The van der Waals surface area contributed by atoms with Crippen LogP contribution >= 0.6 is 0 Å². The van der Waals surface area contributed by atoms with E-state index in [1.807, 2.05) is 11.4 Å². The van der Waals surface area contributed by atoms with E-state index in [1.165, 1.54) is 22.3 Å². The van der Waals surface area contributed by atoms with Crippen molar-refractivity contribution in [1.82, 2.24) is 19.2 Å². The van der Waals surface area contributed by atoms with E-state index in [4.69, 9.17) is 10.1 Å². The number of hydrogen-bond donors (Lipinski definition) is 0. The van der Waals surface area contributed by atoms with E-state index in [2.05, 4.69) is 76.1 Å². The van der Waals surface area contributed by atoms with Crippen LogP contribution in [-0.4, -0.2) is 19.2 Å². The summed E-state index contributed by atoms with van der Waals surface area (Å²) in [5.41, 5.74) is 11.3. The molecule has 148 valence electrons. The minimum Gasteiger partial charge on any atom is -0.319 e. The van der Waals surface area contributed by atoms with Crippen LogP contribution in [-0.2, 0) is 6.54 Å². The topological polar surface area (TPSA) is 35.1 Å². The van der Waals surface area contributed by atoms with Crippen molar-refractivity contribution in [2.24, 2.45) is 0 Å². The van der Waals surface area contributed by atoms with Gasteiger partial charge in [-0.3, -0.25) is 0 Å². The predicted molar refractivity (Wildman–Crippen MR) is 120 cm³/mol. The minimum absolute atomic E-state index is 0.906. The van der Waals surface area contributed by atoms with Gasteiger partial charge in [0.25, 0.3) is 0 Å². The highest BCUT2D eigenvalue weighted by atomic mass is 15.3. The van der Waals surface area contributed by atoms with Crippen molar-refractivity contribution < 1.29 is 0 Å². The first-order chi connectivity index (χ1) is 13.9. The molecule has 4 aromatic rings. The van der Waals surface area contributed by atoms with Crippen LogP contribution < -0.4 is 0 Å². The predicted octanol–water partition coefficient (Wildman–Crippen LogP) is 5.67. The molecule has 3 heterocycles. The van der Waals surface area contributed by atoms with Crippen molar-refractivity contribution in [3.63, 3.8) is 0 Å². The van der Waals surface area contributed by atoms with Gasteiger partial charge in [-0.15, -0.1) is 0 Å². The number of rotatable bonds is 3. The van der Waals surface area contributed by atoms with Crippen LogP contribution in [0.2, 0.25) is 0 Å². The largest absolute Gasteiger partial charge is 0.319 e. The summed E-state index contributed by atoms with van der Waals surface area (Å²) >= 11 is 0. The van der Waals surface area contributed by atoms with Crippen LogP contribution in [0.4, 0.5) is 0 Å². The molecule has 0 saturated carbocycles. The number of hydrogen-bond acceptors (Lipinski definition) is 2. The molecule has 0 radical (unpaired) electrons. The van der Waals surface area contributed by atoms with E-state index in [-0.39, 0.29) is 0 Å². The molecule has 0 unspecified atom stereocenters. The maximum atomic E-state index is 5.02. The van der Waals surface area contributed by atoms with Gasteiger partial charge in [-0.05, 0) is 76.6 Å². The summed E-state index contributed by atoms with van der Waals surface area (Å²) in [6.07, 6.45) is 1.04. The molecule has 1 aromatic carbocycles. The molecular formula is C25H28N4. The fourth-order valence-corrected chi connectivity index (χ4v) is 4.57. The average Bonchev–Trinajstić information content (AvgIpc) is 3.15. The molecule has 4 nitrogen and oxygen atoms in total. The molecule has 0 N–H and O–H groups in total. The van der Waals surface area contributed by atoms with E-state index in [0.717, 1.165) is 52.3 Å². The van der Waals surface area contributed by atoms with Crippen LogP contribution in [0.5, 0.6) is 0 Å². The summed E-state index contributed by atoms with van der Waals surface area (Å²) in [5, 5.41) is 6.09. The Morgan fingerprint density at radius 1 is 0.931 bits per heavy atom. The summed E-state index contributed by atoms with van der Waals surface area (Å²) in [4.78, 5) is 5.02. The quantitative estimate of drug-likeness (QED) is 0.426. The molecule has 4 rings (SSSR count). The first-order valence-corrected chi connectivity index (χ1v) is 10.3. The van der Waals surface area contributed by atoms with E-state index in [0.29, 0.717) is 0 Å². The van der Waals surface area contributed by atoms with Crippen molar-refractivity contribution in [3.05, 3.63) is 52.0 Å². The lowest BCUT2D eigenvalue weighted by molar-refractivity contribution is 0.681. The van der Waals surface area contributed by atoms with Gasteiger partial charge in [0, 0.05) is 11.9 Å². The van der Waals surface area contributed by atoms with Crippen molar-refractivity contribution in [2.75, 3.05) is 0 Å². The number of aryl methyl sites for hydroxylation is 6. The summed E-state index contributed by atoms with van der Waals surface area (Å²) < 4.78 is 4.32. The third-order valence-corrected chi connectivity index (χ3v) is 5.60. The van der Waals surface area contributed by atoms with Crippen LogP contribution in [0.1, 0.15) is 54.0 Å². The van der Waals surface area contributed by atoms with Crippen molar-refractivity contribution in [2.45, 2.75) is 61.4 Å². The maximum absolute atomic E-state index is 5.02. The second kappa shape index (κ2) is 7.08. The number of fused-ring (bicyclic) bond motifs is 3. The second-order valence-corrected chi connectivity index (χ2v) is 7.96. The Morgan fingerprint density at radius 2 is 1.62 bits per heavy atom.